The van der Waals surface area contributed by atoms with Gasteiger partial charge in [-0.3, -0.25) is 14.9 Å². The lowest BCUT2D eigenvalue weighted by molar-refractivity contribution is -0.385. The fourth-order valence-corrected chi connectivity index (χ4v) is 2.81. The zero-order valence-corrected chi connectivity index (χ0v) is 13.4. The van der Waals surface area contributed by atoms with Crippen LogP contribution in [0.25, 0.3) is 0 Å². The van der Waals surface area contributed by atoms with E-state index in [0.29, 0.717) is 6.54 Å². The van der Waals surface area contributed by atoms with Gasteiger partial charge in [-0.15, -0.1) is 0 Å². The fourth-order valence-electron chi connectivity index (χ4n) is 2.81. The van der Waals surface area contributed by atoms with Gasteiger partial charge in [-0.25, -0.2) is 0 Å². The highest BCUT2D eigenvalue weighted by Gasteiger charge is 2.33. The number of Topliss-reactive ketones (excluding diaryl/α,β-unsaturated/α-hetero) is 1. The second-order valence-electron chi connectivity index (χ2n) is 5.21. The predicted molar refractivity (Wildman–Crippen MR) is 82.7 cm³/mol. The molecular formula is C15H20N2O6. The van der Waals surface area contributed by atoms with E-state index in [4.69, 9.17) is 14.2 Å². The number of hydrogen-bond acceptors (Lipinski definition) is 7. The molecule has 0 radical (unpaired) electrons. The summed E-state index contributed by atoms with van der Waals surface area (Å²) in [5, 5.41) is 14.5. The number of carbonyl (C=O) groups excluding carboxylic acids is 1. The van der Waals surface area contributed by atoms with Crippen molar-refractivity contribution in [3.05, 3.63) is 21.7 Å². The van der Waals surface area contributed by atoms with Crippen LogP contribution in [0.1, 0.15) is 23.2 Å². The summed E-state index contributed by atoms with van der Waals surface area (Å²) in [6.07, 6.45) is 1.62. The number of benzene rings is 1. The molecule has 1 aromatic carbocycles. The predicted octanol–water partition coefficient (Wildman–Crippen LogP) is 1.80. The Morgan fingerprint density at radius 1 is 1.22 bits per heavy atom. The number of nitro benzene ring substituents is 1. The third-order valence-electron chi connectivity index (χ3n) is 3.91. The molecule has 0 saturated carbocycles. The summed E-state index contributed by atoms with van der Waals surface area (Å²) in [6.45, 7) is 1.41. The molecule has 1 N–H and O–H groups in total. The zero-order chi connectivity index (χ0) is 17.0. The lowest BCUT2D eigenvalue weighted by atomic mass is 9.90. The number of piperidine rings is 1. The smallest absolute Gasteiger partial charge is 0.315 e. The monoisotopic (exact) mass is 324 g/mol. The van der Waals surface area contributed by atoms with Crippen molar-refractivity contribution in [3.63, 3.8) is 0 Å². The number of nitro groups is 1. The Morgan fingerprint density at radius 2 is 1.87 bits per heavy atom. The maximum absolute atomic E-state index is 12.8. The summed E-state index contributed by atoms with van der Waals surface area (Å²) >= 11 is 0. The van der Waals surface area contributed by atoms with Gasteiger partial charge >= 0.3 is 5.69 Å². The van der Waals surface area contributed by atoms with E-state index in [1.807, 2.05) is 0 Å². The molecular weight excluding hydrogens is 304 g/mol. The molecule has 1 unspecified atom stereocenters. The first-order valence-electron chi connectivity index (χ1n) is 7.27. The molecule has 0 aliphatic carbocycles. The number of carbonyl (C=O) groups is 1. The molecule has 23 heavy (non-hydrogen) atoms. The molecule has 1 atom stereocenters. The van der Waals surface area contributed by atoms with Crippen LogP contribution in [0, 0.1) is 16.0 Å². The van der Waals surface area contributed by atoms with Crippen LogP contribution in [0.5, 0.6) is 17.2 Å². The minimum atomic E-state index is -0.601. The van der Waals surface area contributed by atoms with E-state index in [1.165, 1.54) is 27.4 Å². The molecule has 1 heterocycles. The van der Waals surface area contributed by atoms with Gasteiger partial charge in [0, 0.05) is 18.5 Å². The first kappa shape index (κ1) is 17.0. The highest BCUT2D eigenvalue weighted by atomic mass is 16.6. The van der Waals surface area contributed by atoms with Crippen molar-refractivity contribution >= 4 is 11.5 Å². The van der Waals surface area contributed by atoms with Crippen LogP contribution in [-0.2, 0) is 0 Å². The normalized spacial score (nSPS) is 17.4. The van der Waals surface area contributed by atoms with Crippen LogP contribution in [0.3, 0.4) is 0 Å². The van der Waals surface area contributed by atoms with Gasteiger partial charge in [0.1, 0.15) is 0 Å². The number of nitrogens with zero attached hydrogens (tertiary/aromatic N) is 1. The van der Waals surface area contributed by atoms with Crippen LogP contribution in [0.2, 0.25) is 0 Å². The molecule has 2 rings (SSSR count). The van der Waals surface area contributed by atoms with E-state index in [2.05, 4.69) is 5.32 Å². The highest BCUT2D eigenvalue weighted by Crippen LogP contribution is 2.47. The minimum absolute atomic E-state index is 0.0521. The Morgan fingerprint density at radius 3 is 2.35 bits per heavy atom. The molecule has 0 spiro atoms. The Bertz CT molecular complexity index is 610. The summed E-state index contributed by atoms with van der Waals surface area (Å²) in [7, 11) is 4.04. The maximum atomic E-state index is 12.8. The summed E-state index contributed by atoms with van der Waals surface area (Å²) < 4.78 is 15.6. The van der Waals surface area contributed by atoms with Crippen molar-refractivity contribution in [3.8, 4) is 17.2 Å². The molecule has 8 heteroatoms. The number of rotatable bonds is 6. The first-order valence-corrected chi connectivity index (χ1v) is 7.27. The van der Waals surface area contributed by atoms with Crippen LogP contribution >= 0.6 is 0 Å². The second kappa shape index (κ2) is 7.28. The van der Waals surface area contributed by atoms with E-state index in [0.717, 1.165) is 19.4 Å². The van der Waals surface area contributed by atoms with Gasteiger partial charge in [0.15, 0.2) is 11.5 Å². The SMILES string of the molecule is COc1c(C(=O)C2CCCNC2)cc([N+](=O)[O-])c(OC)c1OC. The van der Waals surface area contributed by atoms with Crippen LogP contribution in [0.15, 0.2) is 6.07 Å². The quantitative estimate of drug-likeness (QED) is 0.484. The summed E-state index contributed by atoms with van der Waals surface area (Å²) in [5.41, 5.74) is -0.178. The van der Waals surface area contributed by atoms with Gasteiger partial charge in [-0.05, 0) is 19.4 Å². The molecule has 1 aromatic rings. The molecule has 1 aliphatic rings. The molecule has 0 amide bonds. The second-order valence-corrected chi connectivity index (χ2v) is 5.21. The maximum Gasteiger partial charge on any atom is 0.315 e. The van der Waals surface area contributed by atoms with Gasteiger partial charge in [0.2, 0.25) is 11.5 Å². The average Bonchev–Trinajstić information content (AvgIpc) is 2.59. The number of hydrogen-bond donors (Lipinski definition) is 1. The first-order chi connectivity index (χ1) is 11.0. The number of ether oxygens (including phenoxy) is 3. The highest BCUT2D eigenvalue weighted by molar-refractivity contribution is 6.02. The van der Waals surface area contributed by atoms with Crippen LogP contribution < -0.4 is 19.5 Å². The molecule has 1 aliphatic heterocycles. The van der Waals surface area contributed by atoms with E-state index in [-0.39, 0.29) is 40.2 Å². The van der Waals surface area contributed by atoms with E-state index < -0.39 is 4.92 Å². The van der Waals surface area contributed by atoms with Gasteiger partial charge in [0.05, 0.1) is 31.8 Å². The van der Waals surface area contributed by atoms with Crippen LogP contribution in [0.4, 0.5) is 5.69 Å². The van der Waals surface area contributed by atoms with Gasteiger partial charge in [-0.1, -0.05) is 0 Å². The van der Waals surface area contributed by atoms with Crippen molar-refractivity contribution in [1.29, 1.82) is 0 Å². The third kappa shape index (κ3) is 3.21. The molecule has 126 valence electrons. The summed E-state index contributed by atoms with van der Waals surface area (Å²) in [4.78, 5) is 23.5. The molecule has 1 saturated heterocycles. The number of ketones is 1. The lowest BCUT2D eigenvalue weighted by Gasteiger charge is -2.23. The van der Waals surface area contributed by atoms with E-state index >= 15 is 0 Å². The van der Waals surface area contributed by atoms with Crippen LogP contribution in [-0.4, -0.2) is 45.1 Å². The van der Waals surface area contributed by atoms with Gasteiger partial charge < -0.3 is 19.5 Å². The van der Waals surface area contributed by atoms with E-state index in [9.17, 15) is 14.9 Å². The number of nitrogens with one attached hydrogen (secondary N) is 1. The number of methoxy groups -OCH3 is 3. The van der Waals surface area contributed by atoms with Gasteiger partial charge in [0.25, 0.3) is 0 Å². The van der Waals surface area contributed by atoms with Crippen molar-refractivity contribution in [2.24, 2.45) is 5.92 Å². The Labute approximate surface area is 133 Å². The van der Waals surface area contributed by atoms with Crippen molar-refractivity contribution in [1.82, 2.24) is 5.32 Å². The molecule has 0 aromatic heterocycles. The molecule has 1 fully saturated rings. The Hall–Kier alpha value is -2.35. The largest absolute Gasteiger partial charge is 0.492 e. The Kier molecular flexibility index (Phi) is 5.38. The fraction of sp³-hybridized carbons (Fsp3) is 0.533. The van der Waals surface area contributed by atoms with Gasteiger partial charge in [-0.2, -0.15) is 0 Å². The minimum Gasteiger partial charge on any atom is -0.492 e. The molecule has 0 bridgehead atoms. The average molecular weight is 324 g/mol. The topological polar surface area (TPSA) is 99.9 Å². The molecule has 8 nitrogen and oxygen atoms in total. The summed E-state index contributed by atoms with van der Waals surface area (Å²) in [6, 6.07) is 1.21. The zero-order valence-electron chi connectivity index (χ0n) is 13.4. The van der Waals surface area contributed by atoms with Crippen molar-refractivity contribution < 1.29 is 23.9 Å². The van der Waals surface area contributed by atoms with Crippen molar-refractivity contribution in [2.45, 2.75) is 12.8 Å². The summed E-state index contributed by atoms with van der Waals surface area (Å²) in [5.74, 6) is -0.289. The standard InChI is InChI=1S/C15H20N2O6/c1-21-13-10(12(18)9-5-4-6-16-8-9)7-11(17(19)20)14(22-2)15(13)23-3/h7,9,16H,4-6,8H2,1-3H3. The third-order valence-corrected chi connectivity index (χ3v) is 3.91. The van der Waals surface area contributed by atoms with Crippen molar-refractivity contribution in [2.75, 3.05) is 34.4 Å². The van der Waals surface area contributed by atoms with E-state index in [1.54, 1.807) is 0 Å². The lowest BCUT2D eigenvalue weighted by Crippen LogP contribution is -2.34. The Balaban J connectivity index is 2.59.